The summed E-state index contributed by atoms with van der Waals surface area (Å²) >= 11 is 0. The molecule has 27 heavy (non-hydrogen) atoms. The fourth-order valence-electron chi connectivity index (χ4n) is 3.66. The van der Waals surface area contributed by atoms with Crippen molar-refractivity contribution in [3.05, 3.63) is 23.8 Å². The minimum atomic E-state index is -3.57. The number of fused-ring (bicyclic) bond motifs is 1. The van der Waals surface area contributed by atoms with Crippen molar-refractivity contribution in [1.29, 1.82) is 0 Å². The van der Waals surface area contributed by atoms with Crippen LogP contribution in [0.1, 0.15) is 32.3 Å². The summed E-state index contributed by atoms with van der Waals surface area (Å²) in [4.78, 5) is 16.3. The van der Waals surface area contributed by atoms with Gasteiger partial charge in [0.05, 0.1) is 18.1 Å². The largest absolute Gasteiger partial charge is 0.379 e. The highest BCUT2D eigenvalue weighted by atomic mass is 32.2. The fraction of sp³-hybridized carbons (Fsp3) is 0.632. The lowest BCUT2D eigenvalue weighted by atomic mass is 9.77. The summed E-state index contributed by atoms with van der Waals surface area (Å²) in [5, 5.41) is 0. The molecule has 1 amide bonds. The van der Waals surface area contributed by atoms with Crippen molar-refractivity contribution in [2.45, 2.75) is 37.0 Å². The van der Waals surface area contributed by atoms with E-state index in [0.29, 0.717) is 13.0 Å². The number of benzene rings is 1. The molecule has 1 fully saturated rings. The molecule has 3 rings (SSSR count). The van der Waals surface area contributed by atoms with Crippen LogP contribution < -0.4 is 9.62 Å². The Morgan fingerprint density at radius 1 is 1.22 bits per heavy atom. The zero-order valence-corrected chi connectivity index (χ0v) is 17.1. The molecule has 0 radical (unpaired) electrons. The molecule has 8 heteroatoms. The van der Waals surface area contributed by atoms with Crippen LogP contribution in [0.2, 0.25) is 0 Å². The summed E-state index contributed by atoms with van der Waals surface area (Å²) in [6.45, 7) is 8.50. The first-order valence-corrected chi connectivity index (χ1v) is 10.9. The number of sulfonamides is 1. The number of nitrogens with one attached hydrogen (secondary N) is 1. The van der Waals surface area contributed by atoms with Gasteiger partial charge in [0.15, 0.2) is 0 Å². The standard InChI is InChI=1S/C19H29N3O4S/c1-19(2)14-18(23)21(3)17-6-5-15(13-16(17)19)27(24,25)20-7-4-8-22-9-11-26-12-10-22/h5-6,13,20H,4,7-12,14H2,1-3H3. The van der Waals surface area contributed by atoms with Gasteiger partial charge in [0.1, 0.15) is 0 Å². The maximum atomic E-state index is 12.7. The summed E-state index contributed by atoms with van der Waals surface area (Å²) < 4.78 is 33.4. The predicted molar refractivity (Wildman–Crippen MR) is 105 cm³/mol. The molecular weight excluding hydrogens is 366 g/mol. The van der Waals surface area contributed by atoms with E-state index >= 15 is 0 Å². The van der Waals surface area contributed by atoms with Crippen molar-refractivity contribution in [2.24, 2.45) is 0 Å². The van der Waals surface area contributed by atoms with Gasteiger partial charge in [0, 0.05) is 44.2 Å². The van der Waals surface area contributed by atoms with Gasteiger partial charge < -0.3 is 9.64 Å². The number of carbonyl (C=O) groups excluding carboxylic acids is 1. The Balaban J connectivity index is 1.67. The number of nitrogens with zero attached hydrogens (tertiary/aromatic N) is 2. The Labute approximate surface area is 161 Å². The number of hydrogen-bond donors (Lipinski definition) is 1. The van der Waals surface area contributed by atoms with Crippen molar-refractivity contribution < 1.29 is 17.9 Å². The van der Waals surface area contributed by atoms with E-state index in [1.807, 2.05) is 13.8 Å². The van der Waals surface area contributed by atoms with Crippen LogP contribution in [0.3, 0.4) is 0 Å². The average Bonchev–Trinajstić information content (AvgIpc) is 2.64. The van der Waals surface area contributed by atoms with E-state index in [4.69, 9.17) is 4.74 Å². The zero-order valence-electron chi connectivity index (χ0n) is 16.3. The van der Waals surface area contributed by atoms with E-state index in [0.717, 1.165) is 50.5 Å². The molecule has 0 saturated carbocycles. The Kier molecular flexibility index (Phi) is 5.90. The number of rotatable bonds is 6. The second-order valence-corrected chi connectivity index (χ2v) is 9.66. The highest BCUT2D eigenvalue weighted by molar-refractivity contribution is 7.89. The van der Waals surface area contributed by atoms with E-state index < -0.39 is 10.0 Å². The third-order valence-corrected chi connectivity index (χ3v) is 6.84. The van der Waals surface area contributed by atoms with Crippen LogP contribution in [0.4, 0.5) is 5.69 Å². The molecule has 2 heterocycles. The highest BCUT2D eigenvalue weighted by Crippen LogP contribution is 2.40. The van der Waals surface area contributed by atoms with Crippen LogP contribution in [0, 0.1) is 0 Å². The smallest absolute Gasteiger partial charge is 0.240 e. The van der Waals surface area contributed by atoms with Gasteiger partial charge in [-0.05, 0) is 36.7 Å². The maximum absolute atomic E-state index is 12.7. The first-order valence-electron chi connectivity index (χ1n) is 9.41. The third-order valence-electron chi connectivity index (χ3n) is 5.38. The van der Waals surface area contributed by atoms with Crippen molar-refractivity contribution in [3.63, 3.8) is 0 Å². The molecule has 2 aliphatic rings. The van der Waals surface area contributed by atoms with Gasteiger partial charge in [-0.15, -0.1) is 0 Å². The highest BCUT2D eigenvalue weighted by Gasteiger charge is 2.36. The number of hydrogen-bond acceptors (Lipinski definition) is 5. The third kappa shape index (κ3) is 4.51. The van der Waals surface area contributed by atoms with Crippen molar-refractivity contribution in [2.75, 3.05) is 51.3 Å². The minimum Gasteiger partial charge on any atom is -0.379 e. The molecule has 0 spiro atoms. The molecular formula is C19H29N3O4S. The van der Waals surface area contributed by atoms with E-state index in [2.05, 4.69) is 9.62 Å². The second kappa shape index (κ2) is 7.87. The van der Waals surface area contributed by atoms with Crippen LogP contribution in [-0.2, 0) is 25.0 Å². The van der Waals surface area contributed by atoms with Crippen LogP contribution >= 0.6 is 0 Å². The van der Waals surface area contributed by atoms with E-state index in [9.17, 15) is 13.2 Å². The Bertz CT molecular complexity index is 801. The first-order chi connectivity index (χ1) is 12.7. The normalized spacial score (nSPS) is 20.6. The maximum Gasteiger partial charge on any atom is 0.240 e. The monoisotopic (exact) mass is 395 g/mol. The van der Waals surface area contributed by atoms with Crippen molar-refractivity contribution in [3.8, 4) is 0 Å². The molecule has 2 aliphatic heterocycles. The molecule has 0 aliphatic carbocycles. The molecule has 0 atom stereocenters. The Morgan fingerprint density at radius 2 is 1.93 bits per heavy atom. The van der Waals surface area contributed by atoms with E-state index in [-0.39, 0.29) is 16.2 Å². The summed E-state index contributed by atoms with van der Waals surface area (Å²) in [6, 6.07) is 5.02. The number of carbonyl (C=O) groups is 1. The van der Waals surface area contributed by atoms with Crippen LogP contribution in [0.25, 0.3) is 0 Å². The molecule has 150 valence electrons. The van der Waals surface area contributed by atoms with Gasteiger partial charge in [0.25, 0.3) is 0 Å². The number of ether oxygens (including phenoxy) is 1. The zero-order chi connectivity index (χ0) is 19.7. The van der Waals surface area contributed by atoms with Crippen LogP contribution in [0.5, 0.6) is 0 Å². The molecule has 1 aromatic carbocycles. The molecule has 7 nitrogen and oxygen atoms in total. The average molecular weight is 396 g/mol. The number of amides is 1. The van der Waals surface area contributed by atoms with Crippen LogP contribution in [-0.4, -0.2) is 65.7 Å². The first kappa shape index (κ1) is 20.3. The Morgan fingerprint density at radius 3 is 2.63 bits per heavy atom. The van der Waals surface area contributed by atoms with Gasteiger partial charge in [-0.2, -0.15) is 0 Å². The predicted octanol–water partition coefficient (Wildman–Crippen LogP) is 1.33. The summed E-state index contributed by atoms with van der Waals surface area (Å²) in [7, 11) is -1.84. The van der Waals surface area contributed by atoms with Crippen molar-refractivity contribution >= 4 is 21.6 Å². The topological polar surface area (TPSA) is 79.0 Å². The van der Waals surface area contributed by atoms with E-state index in [1.165, 1.54) is 0 Å². The SMILES string of the molecule is CN1C(=O)CC(C)(C)c2cc(S(=O)(=O)NCCCN3CCOCC3)ccc21. The number of morpholine rings is 1. The fourth-order valence-corrected chi connectivity index (χ4v) is 4.76. The molecule has 1 aromatic rings. The van der Waals surface area contributed by atoms with Crippen LogP contribution in [0.15, 0.2) is 23.1 Å². The lowest BCUT2D eigenvalue weighted by Gasteiger charge is -2.37. The Hall–Kier alpha value is -1.48. The van der Waals surface area contributed by atoms with Gasteiger partial charge >= 0.3 is 0 Å². The lowest BCUT2D eigenvalue weighted by molar-refractivity contribution is -0.119. The minimum absolute atomic E-state index is 0.0457. The molecule has 0 aromatic heterocycles. The molecule has 0 bridgehead atoms. The van der Waals surface area contributed by atoms with Gasteiger partial charge in [-0.1, -0.05) is 13.8 Å². The summed E-state index contributed by atoms with van der Waals surface area (Å²) in [6.07, 6.45) is 1.12. The molecule has 0 unspecified atom stereocenters. The molecule has 1 N–H and O–H groups in total. The molecule has 1 saturated heterocycles. The van der Waals surface area contributed by atoms with Gasteiger partial charge in [0.2, 0.25) is 15.9 Å². The second-order valence-electron chi connectivity index (χ2n) is 7.90. The van der Waals surface area contributed by atoms with Crippen molar-refractivity contribution in [1.82, 2.24) is 9.62 Å². The van der Waals surface area contributed by atoms with Gasteiger partial charge in [-0.25, -0.2) is 13.1 Å². The lowest BCUT2D eigenvalue weighted by Crippen LogP contribution is -2.40. The summed E-state index contributed by atoms with van der Waals surface area (Å²) in [5.41, 5.74) is 1.28. The van der Waals surface area contributed by atoms with Gasteiger partial charge in [-0.3, -0.25) is 9.69 Å². The quantitative estimate of drug-likeness (QED) is 0.735. The summed E-state index contributed by atoms with van der Waals surface area (Å²) in [5.74, 6) is 0.0457. The number of anilines is 1. The van der Waals surface area contributed by atoms with E-state index in [1.54, 1.807) is 30.1 Å².